The number of nitrogens with zero attached hydrogens (tertiary/aromatic N) is 4. The van der Waals surface area contributed by atoms with Crippen molar-refractivity contribution >= 4 is 46.6 Å². The molecular weight excluding hydrogens is 473 g/mol. The minimum absolute atomic E-state index is 0.0115. The number of carbonyl (C=O) groups excluding carboxylic acids is 1. The van der Waals surface area contributed by atoms with E-state index in [1.165, 1.54) is 6.07 Å². The van der Waals surface area contributed by atoms with Crippen LogP contribution in [0, 0.1) is 11.3 Å². The molecule has 0 aliphatic rings. The van der Waals surface area contributed by atoms with Crippen LogP contribution in [0.1, 0.15) is 11.3 Å². The molecule has 1 amide bonds. The summed E-state index contributed by atoms with van der Waals surface area (Å²) in [4.78, 5) is 10.5. The minimum atomic E-state index is -5.33. The van der Waals surface area contributed by atoms with Crippen LogP contribution in [0.25, 0.3) is 5.69 Å². The van der Waals surface area contributed by atoms with Crippen LogP contribution in [0.15, 0.2) is 17.0 Å². The number of halogens is 8. The summed E-state index contributed by atoms with van der Waals surface area (Å²) in [5.74, 6) is -0.809. The molecule has 1 heterocycles. The second-order valence-electron chi connectivity index (χ2n) is 5.24. The van der Waals surface area contributed by atoms with Crippen LogP contribution in [0.3, 0.4) is 0 Å². The van der Waals surface area contributed by atoms with E-state index in [4.69, 9.17) is 28.5 Å². The number of alkyl halides is 6. The van der Waals surface area contributed by atoms with Crippen LogP contribution in [0.2, 0.25) is 10.0 Å². The van der Waals surface area contributed by atoms with Gasteiger partial charge in [-0.1, -0.05) is 23.2 Å². The molecule has 1 atom stereocenters. The maximum absolute atomic E-state index is 13.0. The van der Waals surface area contributed by atoms with Gasteiger partial charge in [0.25, 0.3) is 0 Å². The topological polar surface area (TPSA) is 85.0 Å². The smallest absolute Gasteiger partial charge is 0.578 e. The Morgan fingerprint density at radius 1 is 1.24 bits per heavy atom. The summed E-state index contributed by atoms with van der Waals surface area (Å²) in [5.41, 5.74) is -8.12. The van der Waals surface area contributed by atoms with Gasteiger partial charge >= 0.3 is 11.7 Å². The first-order chi connectivity index (χ1) is 13.2. The fourth-order valence-electron chi connectivity index (χ4n) is 2.20. The molecule has 1 unspecified atom stereocenters. The van der Waals surface area contributed by atoms with Crippen molar-refractivity contribution in [3.63, 3.8) is 0 Å². The fraction of sp³-hybridized carbons (Fsp3) is 0.214. The number of rotatable bonds is 4. The van der Waals surface area contributed by atoms with Gasteiger partial charge in [0, 0.05) is 7.05 Å². The summed E-state index contributed by atoms with van der Waals surface area (Å²) in [6.07, 6.45) is -4.82. The zero-order valence-electron chi connectivity index (χ0n) is 13.8. The summed E-state index contributed by atoms with van der Waals surface area (Å²) < 4.78 is 90.1. The SMILES string of the molecule is CN(C=O)c1c([S+]([O-])C(F)(F)F)c(C#N)nn1-c1c(Cl)cc(C(F)(F)F)cc1Cl. The molecule has 29 heavy (non-hydrogen) atoms. The largest absolute Gasteiger partial charge is 0.604 e. The maximum Gasteiger partial charge on any atom is 0.578 e. The Balaban J connectivity index is 2.90. The molecular formula is C14H6Cl2F6N4O2S. The van der Waals surface area contributed by atoms with E-state index in [0.717, 1.165) is 7.05 Å². The van der Waals surface area contributed by atoms with Gasteiger partial charge in [0.05, 0.1) is 15.6 Å². The number of anilines is 1. The van der Waals surface area contributed by atoms with E-state index < -0.39 is 60.6 Å². The van der Waals surface area contributed by atoms with E-state index in [2.05, 4.69) is 5.10 Å². The predicted octanol–water partition coefficient (Wildman–Crippen LogP) is 4.29. The molecule has 0 saturated heterocycles. The second-order valence-corrected chi connectivity index (χ2v) is 7.47. The van der Waals surface area contributed by atoms with E-state index >= 15 is 0 Å². The third-order valence-corrected chi connectivity index (χ3v) is 5.11. The van der Waals surface area contributed by atoms with Gasteiger partial charge in [0.2, 0.25) is 17.0 Å². The van der Waals surface area contributed by atoms with Crippen LogP contribution >= 0.6 is 23.2 Å². The van der Waals surface area contributed by atoms with E-state index in [1.54, 1.807) is 0 Å². The highest BCUT2D eigenvalue weighted by Crippen LogP contribution is 2.42. The zero-order chi connectivity index (χ0) is 22.3. The quantitative estimate of drug-likeness (QED) is 0.372. The first kappa shape index (κ1) is 23.1. The van der Waals surface area contributed by atoms with Crippen molar-refractivity contribution < 1.29 is 35.7 Å². The normalized spacial score (nSPS) is 13.1. The zero-order valence-corrected chi connectivity index (χ0v) is 16.1. The Morgan fingerprint density at radius 3 is 2.14 bits per heavy atom. The summed E-state index contributed by atoms with van der Waals surface area (Å²) in [6, 6.07) is 2.16. The van der Waals surface area contributed by atoms with Crippen molar-refractivity contribution in [1.82, 2.24) is 9.78 Å². The van der Waals surface area contributed by atoms with Crippen LogP contribution in [0.5, 0.6) is 0 Å². The second kappa shape index (κ2) is 7.94. The minimum Gasteiger partial charge on any atom is -0.604 e. The summed E-state index contributed by atoms with van der Waals surface area (Å²) >= 11 is 7.87. The van der Waals surface area contributed by atoms with Gasteiger partial charge in [0.15, 0.2) is 5.82 Å². The molecule has 0 aliphatic heterocycles. The predicted molar refractivity (Wildman–Crippen MR) is 90.2 cm³/mol. The molecule has 1 aromatic carbocycles. The van der Waals surface area contributed by atoms with Crippen LogP contribution < -0.4 is 4.90 Å². The molecule has 0 fully saturated rings. The van der Waals surface area contributed by atoms with Crippen molar-refractivity contribution in [3.8, 4) is 11.8 Å². The highest BCUT2D eigenvalue weighted by Gasteiger charge is 2.51. The molecule has 0 spiro atoms. The molecule has 156 valence electrons. The lowest BCUT2D eigenvalue weighted by Gasteiger charge is -2.19. The molecule has 0 radical (unpaired) electrons. The number of amides is 1. The molecule has 2 aromatic rings. The van der Waals surface area contributed by atoms with Crippen LogP contribution in [0.4, 0.5) is 32.2 Å². The molecule has 1 aromatic heterocycles. The first-order valence-electron chi connectivity index (χ1n) is 7.00. The lowest BCUT2D eigenvalue weighted by atomic mass is 10.2. The Labute approximate surface area is 171 Å². The summed E-state index contributed by atoms with van der Waals surface area (Å²) in [6.45, 7) is 0. The lowest BCUT2D eigenvalue weighted by molar-refractivity contribution is -0.137. The average molecular weight is 479 g/mol. The molecule has 15 heteroatoms. The van der Waals surface area contributed by atoms with Crippen LogP contribution in [-0.4, -0.2) is 33.3 Å². The van der Waals surface area contributed by atoms with E-state index in [-0.39, 0.29) is 6.41 Å². The summed E-state index contributed by atoms with van der Waals surface area (Å²) in [7, 11) is 0.949. The highest BCUT2D eigenvalue weighted by atomic mass is 35.5. The maximum atomic E-state index is 13.0. The average Bonchev–Trinajstić information content (AvgIpc) is 2.97. The molecule has 0 bridgehead atoms. The number of hydrogen-bond acceptors (Lipinski definition) is 4. The van der Waals surface area contributed by atoms with E-state index in [0.29, 0.717) is 21.7 Å². The van der Waals surface area contributed by atoms with Gasteiger partial charge in [-0.25, -0.2) is 4.68 Å². The fourth-order valence-corrected chi connectivity index (χ4v) is 3.74. The Morgan fingerprint density at radius 2 is 1.76 bits per heavy atom. The van der Waals surface area contributed by atoms with Crippen LogP contribution in [-0.2, 0) is 22.1 Å². The molecule has 0 aliphatic carbocycles. The van der Waals surface area contributed by atoms with Crippen molar-refractivity contribution in [2.24, 2.45) is 0 Å². The lowest BCUT2D eigenvalue weighted by Crippen LogP contribution is -2.27. The van der Waals surface area contributed by atoms with Crippen molar-refractivity contribution in [1.29, 1.82) is 5.26 Å². The Bertz CT molecular complexity index is 979. The van der Waals surface area contributed by atoms with E-state index in [1.807, 2.05) is 0 Å². The number of nitriles is 1. The van der Waals surface area contributed by atoms with E-state index in [9.17, 15) is 35.7 Å². The van der Waals surface area contributed by atoms with Gasteiger partial charge in [-0.15, -0.1) is 18.3 Å². The number of benzene rings is 1. The number of hydrogen-bond donors (Lipinski definition) is 0. The summed E-state index contributed by atoms with van der Waals surface area (Å²) in [5, 5.41) is 11.3. The standard InChI is InChI=1S/C14H6Cl2F6N4O2S/c1-25(5-27)12-11(29(28)14(20,21)22)9(4-23)24-26(12)10-7(15)2-6(3-8(10)16)13(17,18)19/h2-3,5H,1H3. The van der Waals surface area contributed by atoms with Gasteiger partial charge in [-0.05, 0) is 12.1 Å². The van der Waals surface area contributed by atoms with Gasteiger partial charge in [-0.2, -0.15) is 18.4 Å². The molecule has 0 saturated carbocycles. The number of carbonyl (C=O) groups is 1. The highest BCUT2D eigenvalue weighted by molar-refractivity contribution is 7.92. The van der Waals surface area contributed by atoms with Crippen molar-refractivity contribution in [3.05, 3.63) is 33.4 Å². The molecule has 6 nitrogen and oxygen atoms in total. The van der Waals surface area contributed by atoms with Gasteiger partial charge < -0.3 is 4.55 Å². The Kier molecular flexibility index (Phi) is 6.34. The first-order valence-corrected chi connectivity index (χ1v) is 8.91. The third kappa shape index (κ3) is 4.40. The number of aromatic nitrogens is 2. The Hall–Kier alpha value is -2.14. The molecule has 2 rings (SSSR count). The third-order valence-electron chi connectivity index (χ3n) is 3.37. The van der Waals surface area contributed by atoms with Crippen molar-refractivity contribution in [2.45, 2.75) is 16.6 Å². The van der Waals surface area contributed by atoms with Crippen molar-refractivity contribution in [2.75, 3.05) is 11.9 Å². The molecule has 0 N–H and O–H groups in total. The monoisotopic (exact) mass is 478 g/mol. The van der Waals surface area contributed by atoms with Gasteiger partial charge in [0.1, 0.15) is 22.9 Å². The van der Waals surface area contributed by atoms with Gasteiger partial charge in [-0.3, -0.25) is 9.69 Å².